The van der Waals surface area contributed by atoms with Crippen LogP contribution in [0.15, 0.2) is 30.5 Å². The molecule has 1 aromatic heterocycles. The Morgan fingerprint density at radius 1 is 1.38 bits per heavy atom. The highest BCUT2D eigenvalue weighted by Crippen LogP contribution is 2.32. The molecule has 0 spiro atoms. The molecule has 21 heavy (non-hydrogen) atoms. The van der Waals surface area contributed by atoms with Crippen molar-refractivity contribution in [1.82, 2.24) is 9.97 Å². The van der Waals surface area contributed by atoms with Crippen LogP contribution in [0, 0.1) is 17.0 Å². The van der Waals surface area contributed by atoms with Gasteiger partial charge in [0.15, 0.2) is 0 Å². The zero-order valence-electron chi connectivity index (χ0n) is 11.3. The second kappa shape index (κ2) is 4.93. The lowest BCUT2D eigenvalue weighted by molar-refractivity contribution is -0.384. The standard InChI is InChI=1S/C14H12N4O3/c1-9-15-6-4-12(16-9)14(19)17-7-5-10-2-3-11(18(20)21)8-13(10)17/h2-4,6,8H,5,7H2,1H3. The van der Waals surface area contributed by atoms with Crippen LogP contribution in [-0.2, 0) is 6.42 Å². The van der Waals surface area contributed by atoms with Gasteiger partial charge in [-0.05, 0) is 25.0 Å². The van der Waals surface area contributed by atoms with Gasteiger partial charge in [-0.2, -0.15) is 0 Å². The van der Waals surface area contributed by atoms with Crippen molar-refractivity contribution in [2.75, 3.05) is 11.4 Å². The van der Waals surface area contributed by atoms with Crippen molar-refractivity contribution in [3.05, 3.63) is 57.7 Å². The number of rotatable bonds is 2. The zero-order valence-corrected chi connectivity index (χ0v) is 11.3. The molecule has 0 atom stereocenters. The van der Waals surface area contributed by atoms with Gasteiger partial charge in [0.1, 0.15) is 11.5 Å². The Morgan fingerprint density at radius 3 is 2.90 bits per heavy atom. The second-order valence-electron chi connectivity index (χ2n) is 4.77. The SMILES string of the molecule is Cc1nccc(C(=O)N2CCc3ccc([N+](=O)[O-])cc32)n1. The Hall–Kier alpha value is -2.83. The van der Waals surface area contributed by atoms with E-state index >= 15 is 0 Å². The van der Waals surface area contributed by atoms with Gasteiger partial charge in [0.05, 0.1) is 10.6 Å². The first-order valence-corrected chi connectivity index (χ1v) is 6.45. The number of hydrogen-bond acceptors (Lipinski definition) is 5. The monoisotopic (exact) mass is 284 g/mol. The molecule has 1 aliphatic rings. The molecule has 0 saturated heterocycles. The molecule has 0 fully saturated rings. The first-order chi connectivity index (χ1) is 10.1. The van der Waals surface area contributed by atoms with Gasteiger partial charge < -0.3 is 4.90 Å². The average molecular weight is 284 g/mol. The fraction of sp³-hybridized carbons (Fsp3) is 0.214. The summed E-state index contributed by atoms with van der Waals surface area (Å²) in [6.45, 7) is 2.21. The van der Waals surface area contributed by atoms with E-state index in [4.69, 9.17) is 0 Å². The number of aromatic nitrogens is 2. The molecule has 0 radical (unpaired) electrons. The molecule has 106 valence electrons. The molecule has 1 amide bonds. The molecule has 3 rings (SSSR count). The highest BCUT2D eigenvalue weighted by atomic mass is 16.6. The topological polar surface area (TPSA) is 89.2 Å². The fourth-order valence-corrected chi connectivity index (χ4v) is 2.41. The van der Waals surface area contributed by atoms with Crippen LogP contribution in [0.25, 0.3) is 0 Å². The molecule has 7 heteroatoms. The van der Waals surface area contributed by atoms with Gasteiger partial charge in [0, 0.05) is 24.9 Å². The van der Waals surface area contributed by atoms with Gasteiger partial charge >= 0.3 is 0 Å². The van der Waals surface area contributed by atoms with Crippen LogP contribution in [-0.4, -0.2) is 27.3 Å². The summed E-state index contributed by atoms with van der Waals surface area (Å²) in [5, 5.41) is 10.9. The lowest BCUT2D eigenvalue weighted by Gasteiger charge is -2.16. The van der Waals surface area contributed by atoms with Crippen molar-refractivity contribution in [2.24, 2.45) is 0 Å². The summed E-state index contributed by atoms with van der Waals surface area (Å²) < 4.78 is 0. The van der Waals surface area contributed by atoms with Crippen LogP contribution in [0.5, 0.6) is 0 Å². The van der Waals surface area contributed by atoms with Crippen LogP contribution in [0.3, 0.4) is 0 Å². The third-order valence-corrected chi connectivity index (χ3v) is 3.42. The summed E-state index contributed by atoms with van der Waals surface area (Å²) in [7, 11) is 0. The van der Waals surface area contributed by atoms with Crippen molar-refractivity contribution in [3.63, 3.8) is 0 Å². The first-order valence-electron chi connectivity index (χ1n) is 6.45. The largest absolute Gasteiger partial charge is 0.306 e. The highest BCUT2D eigenvalue weighted by molar-refractivity contribution is 6.06. The van der Waals surface area contributed by atoms with E-state index in [2.05, 4.69) is 9.97 Å². The maximum Gasteiger partial charge on any atom is 0.277 e. The Labute approximate surface area is 120 Å². The normalized spacial score (nSPS) is 13.1. The number of nitro groups is 1. The van der Waals surface area contributed by atoms with Crippen LogP contribution >= 0.6 is 0 Å². The van der Waals surface area contributed by atoms with Crippen molar-refractivity contribution in [1.29, 1.82) is 0 Å². The fourth-order valence-electron chi connectivity index (χ4n) is 2.41. The van der Waals surface area contributed by atoms with Crippen molar-refractivity contribution in [2.45, 2.75) is 13.3 Å². The Kier molecular flexibility index (Phi) is 3.09. The van der Waals surface area contributed by atoms with E-state index in [9.17, 15) is 14.9 Å². The minimum atomic E-state index is -0.462. The molecular weight excluding hydrogens is 272 g/mol. The maximum atomic E-state index is 12.5. The molecule has 7 nitrogen and oxygen atoms in total. The van der Waals surface area contributed by atoms with E-state index in [0.29, 0.717) is 30.2 Å². The molecule has 1 aliphatic heterocycles. The molecule has 1 aromatic carbocycles. The highest BCUT2D eigenvalue weighted by Gasteiger charge is 2.28. The predicted octanol–water partition coefficient (Wildman–Crippen LogP) is 1.90. The number of aryl methyl sites for hydroxylation is 1. The van der Waals surface area contributed by atoms with Gasteiger partial charge in [-0.15, -0.1) is 0 Å². The Morgan fingerprint density at radius 2 is 2.19 bits per heavy atom. The molecule has 2 aromatic rings. The smallest absolute Gasteiger partial charge is 0.277 e. The lowest BCUT2D eigenvalue weighted by atomic mass is 10.1. The number of nitrogens with zero attached hydrogens (tertiary/aromatic N) is 4. The predicted molar refractivity (Wildman–Crippen MR) is 75.2 cm³/mol. The van der Waals surface area contributed by atoms with E-state index in [-0.39, 0.29) is 11.6 Å². The van der Waals surface area contributed by atoms with E-state index < -0.39 is 4.92 Å². The summed E-state index contributed by atoms with van der Waals surface area (Å²) in [6, 6.07) is 6.15. The number of amides is 1. The quantitative estimate of drug-likeness (QED) is 0.620. The van der Waals surface area contributed by atoms with Crippen LogP contribution in [0.1, 0.15) is 21.9 Å². The number of nitro benzene ring substituents is 1. The maximum absolute atomic E-state index is 12.5. The summed E-state index contributed by atoms with van der Waals surface area (Å²) in [6.07, 6.45) is 2.21. The number of benzene rings is 1. The van der Waals surface area contributed by atoms with E-state index in [1.54, 1.807) is 19.1 Å². The first kappa shape index (κ1) is 13.2. The number of anilines is 1. The van der Waals surface area contributed by atoms with Crippen LogP contribution < -0.4 is 4.90 Å². The summed E-state index contributed by atoms with van der Waals surface area (Å²) >= 11 is 0. The third kappa shape index (κ3) is 2.33. The molecule has 0 N–H and O–H groups in total. The van der Waals surface area contributed by atoms with Crippen LogP contribution in [0.2, 0.25) is 0 Å². The van der Waals surface area contributed by atoms with Gasteiger partial charge in [0.25, 0.3) is 11.6 Å². The van der Waals surface area contributed by atoms with Gasteiger partial charge in [-0.1, -0.05) is 6.07 Å². The zero-order chi connectivity index (χ0) is 15.0. The average Bonchev–Trinajstić information content (AvgIpc) is 2.89. The van der Waals surface area contributed by atoms with E-state index in [0.717, 1.165) is 5.56 Å². The molecule has 2 heterocycles. The Bertz CT molecular complexity index is 745. The number of carbonyl (C=O) groups excluding carboxylic acids is 1. The van der Waals surface area contributed by atoms with Gasteiger partial charge in [-0.3, -0.25) is 14.9 Å². The minimum absolute atomic E-state index is 0.0210. The Balaban J connectivity index is 1.98. The van der Waals surface area contributed by atoms with Crippen molar-refractivity contribution >= 4 is 17.3 Å². The summed E-state index contributed by atoms with van der Waals surface area (Å²) in [4.78, 5) is 32.5. The van der Waals surface area contributed by atoms with Gasteiger partial charge in [0.2, 0.25) is 0 Å². The van der Waals surface area contributed by atoms with E-state index in [1.807, 2.05) is 0 Å². The number of hydrogen-bond donors (Lipinski definition) is 0. The van der Waals surface area contributed by atoms with Crippen molar-refractivity contribution in [3.8, 4) is 0 Å². The number of fused-ring (bicyclic) bond motifs is 1. The molecular formula is C14H12N4O3. The second-order valence-corrected chi connectivity index (χ2v) is 4.77. The minimum Gasteiger partial charge on any atom is -0.306 e. The summed E-state index contributed by atoms with van der Waals surface area (Å²) in [5.74, 6) is 0.249. The van der Waals surface area contributed by atoms with Crippen molar-refractivity contribution < 1.29 is 9.72 Å². The number of carbonyl (C=O) groups is 1. The number of non-ortho nitro benzene ring substituents is 1. The molecule has 0 saturated carbocycles. The molecule has 0 bridgehead atoms. The lowest BCUT2D eigenvalue weighted by Crippen LogP contribution is -2.29. The van der Waals surface area contributed by atoms with Crippen LogP contribution in [0.4, 0.5) is 11.4 Å². The molecule has 0 aliphatic carbocycles. The van der Waals surface area contributed by atoms with Gasteiger partial charge in [-0.25, -0.2) is 9.97 Å². The van der Waals surface area contributed by atoms with E-state index in [1.165, 1.54) is 23.2 Å². The third-order valence-electron chi connectivity index (χ3n) is 3.42. The summed E-state index contributed by atoms with van der Waals surface area (Å²) in [5.41, 5.74) is 1.79. The molecule has 0 unspecified atom stereocenters.